The van der Waals surface area contributed by atoms with Gasteiger partial charge in [-0.3, -0.25) is 0 Å². The van der Waals surface area contributed by atoms with Crippen molar-refractivity contribution in [3.63, 3.8) is 0 Å². The Morgan fingerprint density at radius 3 is 2.04 bits per heavy atom. The topological polar surface area (TPSA) is 66.4 Å². The molecule has 0 aliphatic rings. The molecule has 0 aliphatic heterocycles. The van der Waals surface area contributed by atoms with Gasteiger partial charge in [-0.1, -0.05) is 18.2 Å². The highest BCUT2D eigenvalue weighted by Gasteiger charge is 2.16. The predicted octanol–water partition coefficient (Wildman–Crippen LogP) is 3.74. The summed E-state index contributed by atoms with van der Waals surface area (Å²) in [5, 5.41) is 8.91. The van der Waals surface area contributed by atoms with Gasteiger partial charge in [0.05, 0.1) is 35.0 Å². The molecule has 0 bridgehead atoms. The first-order valence-electron chi connectivity index (χ1n) is 8.97. The molecule has 0 aliphatic carbocycles. The van der Waals surface area contributed by atoms with E-state index >= 15 is 0 Å². The summed E-state index contributed by atoms with van der Waals surface area (Å²) in [5.74, 6) is 3.08. The maximum atomic E-state index is 8.91. The minimum absolute atomic E-state index is 0.00755. The molecule has 0 heterocycles. The average Bonchev–Trinajstić information content (AvgIpc) is 2.71. The molecule has 1 atom stereocenters. The fraction of sp³-hybridized carbons (Fsp3) is 0.364. The molecule has 0 saturated heterocycles. The SMILES string of the molecule is COc1cc(/C=C/CO)ccc1OC(C)Cc1cc(OC)c(OC)c(OC)c1. The molecule has 2 aromatic carbocycles. The molecule has 1 unspecified atom stereocenters. The van der Waals surface area contributed by atoms with Crippen molar-refractivity contribution in [1.82, 2.24) is 0 Å². The van der Waals surface area contributed by atoms with Crippen LogP contribution in [0, 0.1) is 0 Å². The molecule has 0 spiro atoms. The van der Waals surface area contributed by atoms with Crippen molar-refractivity contribution < 1.29 is 28.8 Å². The first-order valence-corrected chi connectivity index (χ1v) is 8.97. The summed E-state index contributed by atoms with van der Waals surface area (Å²) in [6.45, 7) is 1.98. The maximum Gasteiger partial charge on any atom is 0.203 e. The zero-order chi connectivity index (χ0) is 20.5. The molecule has 6 nitrogen and oxygen atoms in total. The van der Waals surface area contributed by atoms with Gasteiger partial charge in [-0.15, -0.1) is 0 Å². The highest BCUT2D eigenvalue weighted by Crippen LogP contribution is 2.38. The lowest BCUT2D eigenvalue weighted by atomic mass is 10.1. The van der Waals surface area contributed by atoms with Gasteiger partial charge in [-0.2, -0.15) is 0 Å². The Balaban J connectivity index is 2.18. The monoisotopic (exact) mass is 388 g/mol. The number of aliphatic hydroxyl groups is 1. The third-order valence-electron chi connectivity index (χ3n) is 4.18. The molecule has 2 rings (SSSR count). The van der Waals surface area contributed by atoms with E-state index in [4.69, 9.17) is 28.8 Å². The summed E-state index contributed by atoms with van der Waals surface area (Å²) in [7, 11) is 6.38. The van der Waals surface area contributed by atoms with Crippen LogP contribution in [0.2, 0.25) is 0 Å². The molecule has 152 valence electrons. The molecule has 0 aromatic heterocycles. The van der Waals surface area contributed by atoms with Crippen molar-refractivity contribution in [2.45, 2.75) is 19.4 Å². The second-order valence-electron chi connectivity index (χ2n) is 6.16. The lowest BCUT2D eigenvalue weighted by Crippen LogP contribution is -2.16. The van der Waals surface area contributed by atoms with Crippen molar-refractivity contribution in [2.24, 2.45) is 0 Å². The van der Waals surface area contributed by atoms with Gasteiger partial charge in [0.15, 0.2) is 23.0 Å². The van der Waals surface area contributed by atoms with Crippen LogP contribution in [0.4, 0.5) is 0 Å². The molecule has 0 radical (unpaired) electrons. The third kappa shape index (κ3) is 5.33. The lowest BCUT2D eigenvalue weighted by Gasteiger charge is -2.19. The summed E-state index contributed by atoms with van der Waals surface area (Å²) in [6, 6.07) is 9.48. The molecule has 0 fully saturated rings. The minimum Gasteiger partial charge on any atom is -0.493 e. The summed E-state index contributed by atoms with van der Waals surface area (Å²) in [5.41, 5.74) is 1.93. The van der Waals surface area contributed by atoms with Crippen LogP contribution in [0.15, 0.2) is 36.4 Å². The summed E-state index contributed by atoms with van der Waals surface area (Å²) >= 11 is 0. The van der Waals surface area contributed by atoms with Gasteiger partial charge < -0.3 is 28.8 Å². The zero-order valence-corrected chi connectivity index (χ0v) is 17.0. The van der Waals surface area contributed by atoms with E-state index in [1.165, 1.54) is 0 Å². The smallest absolute Gasteiger partial charge is 0.203 e. The fourth-order valence-electron chi connectivity index (χ4n) is 2.92. The summed E-state index contributed by atoms with van der Waals surface area (Å²) < 4.78 is 27.7. The van der Waals surface area contributed by atoms with Crippen LogP contribution in [0.3, 0.4) is 0 Å². The molecule has 28 heavy (non-hydrogen) atoms. The van der Waals surface area contributed by atoms with Crippen molar-refractivity contribution >= 4 is 6.08 Å². The molecule has 2 aromatic rings. The predicted molar refractivity (Wildman–Crippen MR) is 109 cm³/mol. The second kappa shape index (κ2) is 10.5. The minimum atomic E-state index is -0.115. The van der Waals surface area contributed by atoms with Gasteiger partial charge in [0.25, 0.3) is 0 Å². The van der Waals surface area contributed by atoms with E-state index in [0.717, 1.165) is 11.1 Å². The first kappa shape index (κ1) is 21.4. The number of ether oxygens (including phenoxy) is 5. The van der Waals surface area contributed by atoms with Gasteiger partial charge in [-0.05, 0) is 42.3 Å². The number of hydrogen-bond donors (Lipinski definition) is 1. The third-order valence-corrected chi connectivity index (χ3v) is 4.18. The number of aliphatic hydroxyl groups excluding tert-OH is 1. The Kier molecular flexibility index (Phi) is 8.02. The van der Waals surface area contributed by atoms with Crippen LogP contribution < -0.4 is 23.7 Å². The Morgan fingerprint density at radius 2 is 1.50 bits per heavy atom. The van der Waals surface area contributed by atoms with Crippen LogP contribution in [-0.2, 0) is 6.42 Å². The van der Waals surface area contributed by atoms with E-state index in [-0.39, 0.29) is 12.7 Å². The van der Waals surface area contributed by atoms with Gasteiger partial charge in [0.1, 0.15) is 6.10 Å². The van der Waals surface area contributed by atoms with Crippen molar-refractivity contribution in [1.29, 1.82) is 0 Å². The molecule has 1 N–H and O–H groups in total. The Bertz CT molecular complexity index is 775. The molecule has 6 heteroatoms. The quantitative estimate of drug-likeness (QED) is 0.669. The summed E-state index contributed by atoms with van der Waals surface area (Å²) in [4.78, 5) is 0. The Morgan fingerprint density at radius 1 is 0.857 bits per heavy atom. The summed E-state index contributed by atoms with van der Waals surface area (Å²) in [6.07, 6.45) is 4.02. The fourth-order valence-corrected chi connectivity index (χ4v) is 2.92. The normalized spacial score (nSPS) is 11.9. The van der Waals surface area contributed by atoms with E-state index in [1.807, 2.05) is 43.3 Å². The van der Waals surface area contributed by atoms with Crippen LogP contribution >= 0.6 is 0 Å². The maximum absolute atomic E-state index is 8.91. The second-order valence-corrected chi connectivity index (χ2v) is 6.16. The Labute approximate surface area is 166 Å². The first-order chi connectivity index (χ1) is 13.6. The van der Waals surface area contributed by atoms with Crippen molar-refractivity contribution in [3.05, 3.63) is 47.5 Å². The highest BCUT2D eigenvalue weighted by molar-refractivity contribution is 5.56. The lowest BCUT2D eigenvalue weighted by molar-refractivity contribution is 0.211. The standard InChI is InChI=1S/C22H28O6/c1-15(11-17-13-20(25-3)22(27-5)21(14-17)26-4)28-18-9-8-16(7-6-10-23)12-19(18)24-2/h6-9,12-15,23H,10-11H2,1-5H3/b7-6+. The number of rotatable bonds is 10. The number of benzene rings is 2. The van der Waals surface area contributed by atoms with Gasteiger partial charge in [-0.25, -0.2) is 0 Å². The molecule has 0 amide bonds. The molecular weight excluding hydrogens is 360 g/mol. The number of methoxy groups -OCH3 is 4. The van der Waals surface area contributed by atoms with Crippen LogP contribution in [-0.4, -0.2) is 46.3 Å². The van der Waals surface area contributed by atoms with Crippen LogP contribution in [0.1, 0.15) is 18.1 Å². The van der Waals surface area contributed by atoms with E-state index in [2.05, 4.69) is 0 Å². The van der Waals surface area contributed by atoms with Gasteiger partial charge in [0.2, 0.25) is 5.75 Å². The largest absolute Gasteiger partial charge is 0.493 e. The highest BCUT2D eigenvalue weighted by atomic mass is 16.5. The van der Waals surface area contributed by atoms with Crippen LogP contribution in [0.25, 0.3) is 6.08 Å². The zero-order valence-electron chi connectivity index (χ0n) is 17.0. The molecular formula is C22H28O6. The van der Waals surface area contributed by atoms with Crippen molar-refractivity contribution in [2.75, 3.05) is 35.0 Å². The van der Waals surface area contributed by atoms with Gasteiger partial charge >= 0.3 is 0 Å². The molecule has 0 saturated carbocycles. The number of hydrogen-bond acceptors (Lipinski definition) is 6. The van der Waals surface area contributed by atoms with E-state index in [0.29, 0.717) is 35.2 Å². The van der Waals surface area contributed by atoms with E-state index < -0.39 is 0 Å². The van der Waals surface area contributed by atoms with Crippen LogP contribution in [0.5, 0.6) is 28.7 Å². The van der Waals surface area contributed by atoms with E-state index in [1.54, 1.807) is 34.5 Å². The Hall–Kier alpha value is -2.86. The van der Waals surface area contributed by atoms with Gasteiger partial charge in [0, 0.05) is 6.42 Å². The average molecular weight is 388 g/mol. The van der Waals surface area contributed by atoms with Crippen molar-refractivity contribution in [3.8, 4) is 28.7 Å². The van der Waals surface area contributed by atoms with E-state index in [9.17, 15) is 0 Å².